The minimum absolute atomic E-state index is 0.143. The molecule has 146 valence electrons. The highest BCUT2D eigenvalue weighted by atomic mass is 35.5. The molecule has 0 fully saturated rings. The summed E-state index contributed by atoms with van der Waals surface area (Å²) in [6, 6.07) is 9.18. The number of nitrogens with zero attached hydrogens (tertiary/aromatic N) is 7. The lowest BCUT2D eigenvalue weighted by Gasteiger charge is -2.10. The lowest BCUT2D eigenvalue weighted by Crippen LogP contribution is -2.17. The van der Waals surface area contributed by atoms with E-state index in [4.69, 9.17) is 11.6 Å². The van der Waals surface area contributed by atoms with Crippen LogP contribution in [0.1, 0.15) is 5.56 Å². The second-order valence-electron chi connectivity index (χ2n) is 5.97. The first kappa shape index (κ1) is 19.1. The van der Waals surface area contributed by atoms with Gasteiger partial charge in [0.05, 0.1) is 17.1 Å². The van der Waals surface area contributed by atoms with Gasteiger partial charge in [-0.05, 0) is 36.8 Å². The predicted octanol–water partition coefficient (Wildman–Crippen LogP) is 2.94. The quantitative estimate of drug-likeness (QED) is 0.472. The van der Waals surface area contributed by atoms with Crippen LogP contribution >= 0.6 is 23.4 Å². The molecule has 1 amide bonds. The predicted molar refractivity (Wildman–Crippen MR) is 110 cm³/mol. The Labute approximate surface area is 175 Å². The van der Waals surface area contributed by atoms with E-state index in [9.17, 15) is 4.79 Å². The maximum Gasteiger partial charge on any atom is 0.234 e. The van der Waals surface area contributed by atoms with Crippen molar-refractivity contribution in [3.63, 3.8) is 0 Å². The fourth-order valence-corrected chi connectivity index (χ4v) is 3.45. The Bertz CT molecular complexity index is 1140. The smallest absolute Gasteiger partial charge is 0.234 e. The summed E-state index contributed by atoms with van der Waals surface area (Å²) in [5.41, 5.74) is 2.35. The lowest BCUT2D eigenvalue weighted by molar-refractivity contribution is -0.113. The van der Waals surface area contributed by atoms with Gasteiger partial charge in [-0.2, -0.15) is 5.10 Å². The third-order valence-corrected chi connectivity index (χ3v) is 5.33. The molecule has 0 saturated carbocycles. The highest BCUT2D eigenvalue weighted by molar-refractivity contribution is 7.99. The number of thioether (sulfide) groups is 1. The van der Waals surface area contributed by atoms with E-state index in [0.717, 1.165) is 11.3 Å². The molecule has 4 aromatic rings. The molecule has 0 atom stereocenters. The second kappa shape index (κ2) is 8.41. The molecule has 0 unspecified atom stereocenters. The number of halogens is 1. The first-order chi connectivity index (χ1) is 14.1. The summed E-state index contributed by atoms with van der Waals surface area (Å²) in [7, 11) is 0. The molecular weight excluding hydrogens is 412 g/mol. The van der Waals surface area contributed by atoms with Crippen molar-refractivity contribution in [3.8, 4) is 11.5 Å². The Kier molecular flexibility index (Phi) is 5.54. The van der Waals surface area contributed by atoms with Crippen molar-refractivity contribution in [1.82, 2.24) is 34.5 Å². The van der Waals surface area contributed by atoms with Crippen LogP contribution in [0.4, 0.5) is 5.69 Å². The average molecular weight is 427 g/mol. The summed E-state index contributed by atoms with van der Waals surface area (Å²) < 4.78 is 3.27. The van der Waals surface area contributed by atoms with Crippen LogP contribution in [0.15, 0.2) is 60.7 Å². The van der Waals surface area contributed by atoms with Gasteiger partial charge in [-0.25, -0.2) is 14.6 Å². The molecule has 0 aliphatic heterocycles. The Hall–Kier alpha value is -3.24. The van der Waals surface area contributed by atoms with Crippen molar-refractivity contribution >= 4 is 35.0 Å². The van der Waals surface area contributed by atoms with Gasteiger partial charge < -0.3 is 5.32 Å². The van der Waals surface area contributed by atoms with Crippen LogP contribution < -0.4 is 5.32 Å². The van der Waals surface area contributed by atoms with Gasteiger partial charge in [0, 0.05) is 11.2 Å². The SMILES string of the molecule is Cc1ccc(-n2cnnc2SCC(=O)Nc2cccnc2-n2cncn2)cc1Cl. The first-order valence-electron chi connectivity index (χ1n) is 8.51. The van der Waals surface area contributed by atoms with Gasteiger partial charge in [-0.15, -0.1) is 10.2 Å². The standard InChI is InChI=1S/C18H15ClN8OS/c1-12-4-5-13(7-14(12)19)26-11-22-25-18(26)29-8-16(28)24-15-3-2-6-21-17(15)27-10-20-9-23-27/h2-7,9-11H,8H2,1H3,(H,24,28). The van der Waals surface area contributed by atoms with E-state index in [-0.39, 0.29) is 11.7 Å². The molecule has 4 rings (SSSR count). The second-order valence-corrected chi connectivity index (χ2v) is 7.32. The van der Waals surface area contributed by atoms with E-state index in [2.05, 4.69) is 30.6 Å². The Morgan fingerprint density at radius 2 is 2.17 bits per heavy atom. The van der Waals surface area contributed by atoms with Crippen molar-refractivity contribution in [2.75, 3.05) is 11.1 Å². The summed E-state index contributed by atoms with van der Waals surface area (Å²) in [6.07, 6.45) is 6.13. The van der Waals surface area contributed by atoms with Gasteiger partial charge in [-0.1, -0.05) is 29.4 Å². The molecule has 3 heterocycles. The molecule has 1 aromatic carbocycles. The minimum Gasteiger partial charge on any atom is -0.322 e. The van der Waals surface area contributed by atoms with Gasteiger partial charge in [0.25, 0.3) is 0 Å². The maximum absolute atomic E-state index is 12.5. The van der Waals surface area contributed by atoms with Gasteiger partial charge in [-0.3, -0.25) is 9.36 Å². The Morgan fingerprint density at radius 1 is 1.28 bits per heavy atom. The number of aromatic nitrogens is 7. The Balaban J connectivity index is 1.46. The number of rotatable bonds is 6. The lowest BCUT2D eigenvalue weighted by atomic mass is 10.2. The summed E-state index contributed by atoms with van der Waals surface area (Å²) in [6.45, 7) is 1.93. The Morgan fingerprint density at radius 3 is 2.97 bits per heavy atom. The van der Waals surface area contributed by atoms with Gasteiger partial charge in [0.1, 0.15) is 19.0 Å². The molecule has 3 aromatic heterocycles. The van der Waals surface area contributed by atoms with Gasteiger partial charge in [0.2, 0.25) is 5.91 Å². The number of nitrogens with one attached hydrogen (secondary N) is 1. The number of carbonyl (C=O) groups is 1. The number of pyridine rings is 1. The number of carbonyl (C=O) groups excluding carboxylic acids is 1. The maximum atomic E-state index is 12.5. The number of hydrogen-bond acceptors (Lipinski definition) is 7. The van der Waals surface area contributed by atoms with E-state index in [0.29, 0.717) is 21.7 Å². The monoisotopic (exact) mass is 426 g/mol. The zero-order valence-electron chi connectivity index (χ0n) is 15.2. The van der Waals surface area contributed by atoms with Gasteiger partial charge >= 0.3 is 0 Å². The summed E-state index contributed by atoms with van der Waals surface area (Å²) in [5.74, 6) is 0.422. The van der Waals surface area contributed by atoms with Crippen molar-refractivity contribution < 1.29 is 4.79 Å². The highest BCUT2D eigenvalue weighted by Crippen LogP contribution is 2.24. The van der Waals surface area contributed by atoms with Crippen LogP contribution in [0.2, 0.25) is 5.02 Å². The summed E-state index contributed by atoms with van der Waals surface area (Å²) in [5, 5.41) is 16.2. The van der Waals surface area contributed by atoms with Crippen molar-refractivity contribution in [2.24, 2.45) is 0 Å². The molecule has 29 heavy (non-hydrogen) atoms. The van der Waals surface area contributed by atoms with E-state index in [1.807, 2.05) is 25.1 Å². The molecule has 1 N–H and O–H groups in total. The highest BCUT2D eigenvalue weighted by Gasteiger charge is 2.13. The van der Waals surface area contributed by atoms with Crippen LogP contribution in [0, 0.1) is 6.92 Å². The molecule has 0 aliphatic rings. The fraction of sp³-hybridized carbons (Fsp3) is 0.111. The van der Waals surface area contributed by atoms with Crippen LogP contribution in [0.5, 0.6) is 0 Å². The van der Waals surface area contributed by atoms with Crippen molar-refractivity contribution in [2.45, 2.75) is 12.1 Å². The topological polar surface area (TPSA) is 103 Å². The zero-order valence-corrected chi connectivity index (χ0v) is 16.8. The average Bonchev–Trinajstić information content (AvgIpc) is 3.41. The largest absolute Gasteiger partial charge is 0.322 e. The van der Waals surface area contributed by atoms with Crippen LogP contribution in [-0.2, 0) is 4.79 Å². The molecule has 0 spiro atoms. The third kappa shape index (κ3) is 4.28. The molecule has 0 aliphatic carbocycles. The fourth-order valence-electron chi connectivity index (χ4n) is 2.54. The van der Waals surface area contributed by atoms with Crippen molar-refractivity contribution in [3.05, 3.63) is 66.1 Å². The van der Waals surface area contributed by atoms with Crippen LogP contribution in [-0.4, -0.2) is 46.2 Å². The van der Waals surface area contributed by atoms with E-state index in [1.165, 1.54) is 29.1 Å². The molecule has 11 heteroatoms. The number of aryl methyl sites for hydroxylation is 1. The molecule has 0 saturated heterocycles. The summed E-state index contributed by atoms with van der Waals surface area (Å²) in [4.78, 5) is 20.7. The van der Waals surface area contributed by atoms with Gasteiger partial charge in [0.15, 0.2) is 11.0 Å². The van der Waals surface area contributed by atoms with E-state index >= 15 is 0 Å². The van der Waals surface area contributed by atoms with Crippen molar-refractivity contribution in [1.29, 1.82) is 0 Å². The third-order valence-electron chi connectivity index (χ3n) is 3.98. The number of benzene rings is 1. The normalized spacial score (nSPS) is 10.8. The van der Waals surface area contributed by atoms with Crippen LogP contribution in [0.3, 0.4) is 0 Å². The molecule has 0 radical (unpaired) electrons. The molecule has 0 bridgehead atoms. The molecule has 9 nitrogen and oxygen atoms in total. The van der Waals surface area contributed by atoms with E-state index in [1.54, 1.807) is 29.2 Å². The number of amides is 1. The van der Waals surface area contributed by atoms with Crippen LogP contribution in [0.25, 0.3) is 11.5 Å². The minimum atomic E-state index is -0.208. The molecular formula is C18H15ClN8OS. The zero-order chi connectivity index (χ0) is 20.2. The summed E-state index contributed by atoms with van der Waals surface area (Å²) >= 11 is 7.48. The van der Waals surface area contributed by atoms with E-state index < -0.39 is 0 Å². The first-order valence-corrected chi connectivity index (χ1v) is 9.87. The number of anilines is 1. The number of hydrogen-bond donors (Lipinski definition) is 1.